The number of Topliss-reactive ketones (excluding diaryl/α,β-unsaturated/α-hetero) is 1. The number of hydrogen-bond donors (Lipinski definition) is 0. The Labute approximate surface area is 114 Å². The molecule has 19 heavy (non-hydrogen) atoms. The molecule has 98 valence electrons. The summed E-state index contributed by atoms with van der Waals surface area (Å²) in [6, 6.07) is 15.4. The Morgan fingerprint density at radius 3 is 2.37 bits per heavy atom. The van der Waals surface area contributed by atoms with Gasteiger partial charge in [0.1, 0.15) is 5.75 Å². The fourth-order valence-electron chi connectivity index (χ4n) is 2.17. The summed E-state index contributed by atoms with van der Waals surface area (Å²) < 4.78 is 5.16. The highest BCUT2D eigenvalue weighted by atomic mass is 16.5. The fraction of sp³-hybridized carbons (Fsp3) is 0.235. The van der Waals surface area contributed by atoms with E-state index < -0.39 is 0 Å². The first-order chi connectivity index (χ1) is 9.13. The first-order valence-corrected chi connectivity index (χ1v) is 6.37. The van der Waals surface area contributed by atoms with Gasteiger partial charge < -0.3 is 4.74 Å². The molecule has 0 saturated heterocycles. The van der Waals surface area contributed by atoms with E-state index in [1.54, 1.807) is 7.11 Å². The Morgan fingerprint density at radius 1 is 1.11 bits per heavy atom. The van der Waals surface area contributed by atoms with Crippen LogP contribution in [0.15, 0.2) is 48.5 Å². The van der Waals surface area contributed by atoms with Gasteiger partial charge in [-0.25, -0.2) is 0 Å². The predicted molar refractivity (Wildman–Crippen MR) is 76.9 cm³/mol. The maximum Gasteiger partial charge on any atom is 0.170 e. The van der Waals surface area contributed by atoms with Gasteiger partial charge in [-0.3, -0.25) is 4.79 Å². The lowest BCUT2D eigenvalue weighted by Gasteiger charge is -2.13. The number of hydrogen-bond acceptors (Lipinski definition) is 2. The van der Waals surface area contributed by atoms with Crippen molar-refractivity contribution in [1.29, 1.82) is 0 Å². The van der Waals surface area contributed by atoms with E-state index in [9.17, 15) is 4.79 Å². The Hall–Kier alpha value is -2.09. The number of aryl methyl sites for hydroxylation is 1. The normalized spacial score (nSPS) is 11.9. The van der Waals surface area contributed by atoms with Gasteiger partial charge in [0.2, 0.25) is 0 Å². The van der Waals surface area contributed by atoms with E-state index in [1.165, 1.54) is 0 Å². The molecule has 1 unspecified atom stereocenters. The molecule has 0 aliphatic heterocycles. The highest BCUT2D eigenvalue weighted by molar-refractivity contribution is 6.02. The molecule has 0 aromatic heterocycles. The first-order valence-electron chi connectivity index (χ1n) is 6.37. The summed E-state index contributed by atoms with van der Waals surface area (Å²) in [5.41, 5.74) is 2.76. The first kappa shape index (κ1) is 13.3. The van der Waals surface area contributed by atoms with Crippen LogP contribution in [0.2, 0.25) is 0 Å². The third-order valence-corrected chi connectivity index (χ3v) is 3.39. The molecule has 0 N–H and O–H groups in total. The largest absolute Gasteiger partial charge is 0.497 e. The highest BCUT2D eigenvalue weighted by Crippen LogP contribution is 2.24. The number of benzene rings is 2. The van der Waals surface area contributed by atoms with Gasteiger partial charge in [-0.2, -0.15) is 0 Å². The fourth-order valence-corrected chi connectivity index (χ4v) is 2.17. The molecule has 0 heterocycles. The van der Waals surface area contributed by atoms with E-state index in [0.717, 1.165) is 22.4 Å². The number of carbonyl (C=O) groups is 1. The van der Waals surface area contributed by atoms with Crippen LogP contribution in [0.4, 0.5) is 0 Å². The molecular weight excluding hydrogens is 236 g/mol. The van der Waals surface area contributed by atoms with E-state index >= 15 is 0 Å². The highest BCUT2D eigenvalue weighted by Gasteiger charge is 2.18. The maximum atomic E-state index is 12.5. The molecule has 1 atom stereocenters. The minimum atomic E-state index is -0.131. The van der Waals surface area contributed by atoms with Crippen molar-refractivity contribution in [1.82, 2.24) is 0 Å². The average molecular weight is 254 g/mol. The van der Waals surface area contributed by atoms with Crippen LogP contribution in [0.5, 0.6) is 5.75 Å². The third kappa shape index (κ3) is 2.84. The molecule has 0 aliphatic rings. The zero-order valence-electron chi connectivity index (χ0n) is 11.5. The lowest BCUT2D eigenvalue weighted by atomic mass is 9.90. The molecule has 2 aromatic rings. The minimum Gasteiger partial charge on any atom is -0.497 e. The van der Waals surface area contributed by atoms with Crippen molar-refractivity contribution < 1.29 is 9.53 Å². The molecule has 0 bridgehead atoms. The summed E-state index contributed by atoms with van der Waals surface area (Å²) in [6.45, 7) is 3.88. The zero-order valence-corrected chi connectivity index (χ0v) is 11.5. The number of rotatable bonds is 4. The van der Waals surface area contributed by atoms with Crippen molar-refractivity contribution in [3.63, 3.8) is 0 Å². The molecule has 2 nitrogen and oxygen atoms in total. The van der Waals surface area contributed by atoms with Gasteiger partial charge in [0.25, 0.3) is 0 Å². The van der Waals surface area contributed by atoms with Crippen LogP contribution >= 0.6 is 0 Å². The zero-order chi connectivity index (χ0) is 13.8. The monoisotopic (exact) mass is 254 g/mol. The molecule has 0 saturated carbocycles. The lowest BCUT2D eigenvalue weighted by Crippen LogP contribution is -2.11. The number of carbonyl (C=O) groups excluding carboxylic acids is 1. The van der Waals surface area contributed by atoms with E-state index in [0.29, 0.717) is 0 Å². The van der Waals surface area contributed by atoms with Crippen molar-refractivity contribution in [3.05, 3.63) is 65.2 Å². The summed E-state index contributed by atoms with van der Waals surface area (Å²) in [5, 5.41) is 0. The van der Waals surface area contributed by atoms with Crippen LogP contribution in [0.3, 0.4) is 0 Å². The summed E-state index contributed by atoms with van der Waals surface area (Å²) in [4.78, 5) is 12.5. The second-order valence-electron chi connectivity index (χ2n) is 4.68. The van der Waals surface area contributed by atoms with E-state index in [-0.39, 0.29) is 11.7 Å². The van der Waals surface area contributed by atoms with Crippen molar-refractivity contribution in [3.8, 4) is 5.75 Å². The van der Waals surface area contributed by atoms with Crippen molar-refractivity contribution in [2.75, 3.05) is 7.11 Å². The standard InChI is InChI=1S/C17H18O2/c1-12-11-15(19-3)9-10-16(12)17(18)13(2)14-7-5-4-6-8-14/h4-11,13H,1-3H3. The molecule has 0 spiro atoms. The number of ketones is 1. The van der Waals surface area contributed by atoms with Crippen LogP contribution in [-0.4, -0.2) is 12.9 Å². The van der Waals surface area contributed by atoms with E-state index in [1.807, 2.05) is 62.4 Å². The molecule has 2 aromatic carbocycles. The van der Waals surface area contributed by atoms with E-state index in [4.69, 9.17) is 4.74 Å². The van der Waals surface area contributed by atoms with Gasteiger partial charge in [0.05, 0.1) is 7.11 Å². The second-order valence-corrected chi connectivity index (χ2v) is 4.68. The molecule has 0 radical (unpaired) electrons. The Balaban J connectivity index is 2.29. The quantitative estimate of drug-likeness (QED) is 0.771. The summed E-state index contributed by atoms with van der Waals surface area (Å²) in [6.07, 6.45) is 0. The Bertz CT molecular complexity index is 573. The second kappa shape index (κ2) is 5.70. The smallest absolute Gasteiger partial charge is 0.170 e. The summed E-state index contributed by atoms with van der Waals surface area (Å²) in [7, 11) is 1.63. The molecule has 0 amide bonds. The van der Waals surface area contributed by atoms with Gasteiger partial charge in [0, 0.05) is 11.5 Å². The van der Waals surface area contributed by atoms with Gasteiger partial charge in [-0.15, -0.1) is 0 Å². The van der Waals surface area contributed by atoms with Crippen LogP contribution in [-0.2, 0) is 0 Å². The van der Waals surface area contributed by atoms with E-state index in [2.05, 4.69) is 0 Å². The van der Waals surface area contributed by atoms with Crippen LogP contribution in [0.25, 0.3) is 0 Å². The topological polar surface area (TPSA) is 26.3 Å². The third-order valence-electron chi connectivity index (χ3n) is 3.39. The molecule has 2 rings (SSSR count). The predicted octanol–water partition coefficient (Wildman–Crippen LogP) is 3.99. The van der Waals surface area contributed by atoms with Gasteiger partial charge in [-0.05, 0) is 36.2 Å². The van der Waals surface area contributed by atoms with Crippen molar-refractivity contribution in [2.24, 2.45) is 0 Å². The number of methoxy groups -OCH3 is 1. The van der Waals surface area contributed by atoms with Gasteiger partial charge in [-0.1, -0.05) is 37.3 Å². The molecule has 2 heteroatoms. The molecule has 0 aliphatic carbocycles. The van der Waals surface area contributed by atoms with Crippen LogP contribution in [0, 0.1) is 6.92 Å². The molecular formula is C17H18O2. The number of ether oxygens (including phenoxy) is 1. The summed E-state index contributed by atoms with van der Waals surface area (Å²) in [5.74, 6) is 0.793. The summed E-state index contributed by atoms with van der Waals surface area (Å²) >= 11 is 0. The minimum absolute atomic E-state index is 0.131. The maximum absolute atomic E-state index is 12.5. The van der Waals surface area contributed by atoms with Gasteiger partial charge >= 0.3 is 0 Å². The van der Waals surface area contributed by atoms with Crippen molar-refractivity contribution >= 4 is 5.78 Å². The van der Waals surface area contributed by atoms with Crippen LogP contribution < -0.4 is 4.74 Å². The van der Waals surface area contributed by atoms with Crippen LogP contribution in [0.1, 0.15) is 34.3 Å². The molecule has 0 fully saturated rings. The Morgan fingerprint density at radius 2 is 1.79 bits per heavy atom. The lowest BCUT2D eigenvalue weighted by molar-refractivity contribution is 0.0965. The Kier molecular flexibility index (Phi) is 4.00. The SMILES string of the molecule is COc1ccc(C(=O)C(C)c2ccccc2)c(C)c1. The average Bonchev–Trinajstić information content (AvgIpc) is 2.46. The van der Waals surface area contributed by atoms with Gasteiger partial charge in [0.15, 0.2) is 5.78 Å². The van der Waals surface area contributed by atoms with Crippen molar-refractivity contribution in [2.45, 2.75) is 19.8 Å².